The van der Waals surface area contributed by atoms with Gasteiger partial charge in [-0.25, -0.2) is 0 Å². The molecular weight excluding hydrogens is 114 g/mol. The smallest absolute Gasteiger partial charge is 0.0589 e. The molecule has 0 aromatic rings. The Labute approximate surface area is 56.8 Å². The van der Waals surface area contributed by atoms with Crippen molar-refractivity contribution in [2.75, 3.05) is 33.4 Å². The molecule has 0 aliphatic carbocycles. The highest BCUT2D eigenvalue weighted by atomic mass is 16.5. The Morgan fingerprint density at radius 1 is 1.33 bits per heavy atom. The molecule has 54 valence electrons. The van der Waals surface area contributed by atoms with Gasteiger partial charge in [0.1, 0.15) is 0 Å². The first-order valence-electron chi connectivity index (χ1n) is 3.65. The Kier molecular flexibility index (Phi) is 3.01. The Morgan fingerprint density at radius 3 is 2.56 bits per heavy atom. The molecule has 0 saturated carbocycles. The lowest BCUT2D eigenvalue weighted by molar-refractivity contribution is 0.161. The Hall–Kier alpha value is -0.0800. The van der Waals surface area contributed by atoms with Crippen LogP contribution in [0.25, 0.3) is 0 Å². The fourth-order valence-electron chi connectivity index (χ4n) is 1.23. The van der Waals surface area contributed by atoms with Crippen LogP contribution in [0.4, 0.5) is 0 Å². The molecular formula is C7H15NO. The number of hydrogen-bond donors (Lipinski definition) is 0. The van der Waals surface area contributed by atoms with Crippen LogP contribution in [0.3, 0.4) is 0 Å². The molecule has 2 nitrogen and oxygen atoms in total. The Morgan fingerprint density at radius 2 is 2.00 bits per heavy atom. The standard InChI is InChI=1S/C7H15NO/c1-9-7-6-8-4-2-3-5-8/h2-7H2,1H3. The van der Waals surface area contributed by atoms with Gasteiger partial charge in [-0.15, -0.1) is 0 Å². The minimum absolute atomic E-state index is 0.889. The van der Waals surface area contributed by atoms with E-state index in [4.69, 9.17) is 4.74 Å². The molecule has 0 N–H and O–H groups in total. The van der Waals surface area contributed by atoms with E-state index in [0.29, 0.717) is 0 Å². The zero-order valence-electron chi connectivity index (χ0n) is 6.10. The lowest BCUT2D eigenvalue weighted by Crippen LogP contribution is -2.23. The molecule has 1 fully saturated rings. The predicted molar refractivity (Wildman–Crippen MR) is 37.5 cm³/mol. The highest BCUT2D eigenvalue weighted by Gasteiger charge is 2.09. The predicted octanol–water partition coefficient (Wildman–Crippen LogP) is 0.729. The quantitative estimate of drug-likeness (QED) is 0.557. The number of rotatable bonds is 3. The molecule has 0 unspecified atom stereocenters. The maximum absolute atomic E-state index is 4.96. The van der Waals surface area contributed by atoms with Crippen molar-refractivity contribution in [3.05, 3.63) is 0 Å². The molecule has 0 aromatic carbocycles. The summed E-state index contributed by atoms with van der Waals surface area (Å²) in [6.45, 7) is 4.57. The zero-order chi connectivity index (χ0) is 6.53. The summed E-state index contributed by atoms with van der Waals surface area (Å²) in [5.74, 6) is 0. The normalized spacial score (nSPS) is 21.0. The van der Waals surface area contributed by atoms with Crippen molar-refractivity contribution in [2.24, 2.45) is 0 Å². The number of ether oxygens (including phenoxy) is 1. The zero-order valence-corrected chi connectivity index (χ0v) is 6.10. The van der Waals surface area contributed by atoms with Gasteiger partial charge in [0.15, 0.2) is 0 Å². The van der Waals surface area contributed by atoms with Crippen LogP contribution in [0.5, 0.6) is 0 Å². The van der Waals surface area contributed by atoms with Crippen molar-refractivity contribution in [1.82, 2.24) is 4.90 Å². The molecule has 2 heteroatoms. The van der Waals surface area contributed by atoms with Gasteiger partial charge in [-0.05, 0) is 25.9 Å². The van der Waals surface area contributed by atoms with Crippen LogP contribution in [0, 0.1) is 0 Å². The van der Waals surface area contributed by atoms with Gasteiger partial charge in [-0.3, -0.25) is 0 Å². The van der Waals surface area contributed by atoms with E-state index >= 15 is 0 Å². The topological polar surface area (TPSA) is 12.5 Å². The number of hydrogen-bond acceptors (Lipinski definition) is 2. The second kappa shape index (κ2) is 3.85. The summed E-state index contributed by atoms with van der Waals surface area (Å²) in [5.41, 5.74) is 0. The number of methoxy groups -OCH3 is 1. The van der Waals surface area contributed by atoms with Crippen LogP contribution in [0.2, 0.25) is 0 Å². The molecule has 1 saturated heterocycles. The summed E-state index contributed by atoms with van der Waals surface area (Å²) in [6, 6.07) is 0. The molecule has 0 bridgehead atoms. The van der Waals surface area contributed by atoms with Gasteiger partial charge < -0.3 is 9.64 Å². The monoisotopic (exact) mass is 129 g/mol. The average molecular weight is 129 g/mol. The first-order chi connectivity index (χ1) is 4.43. The molecule has 0 aromatic heterocycles. The highest BCUT2D eigenvalue weighted by molar-refractivity contribution is 4.64. The fraction of sp³-hybridized carbons (Fsp3) is 1.00. The third kappa shape index (κ3) is 2.33. The van der Waals surface area contributed by atoms with Crippen molar-refractivity contribution in [3.63, 3.8) is 0 Å². The summed E-state index contributed by atoms with van der Waals surface area (Å²) < 4.78 is 4.96. The molecule has 0 radical (unpaired) electrons. The summed E-state index contributed by atoms with van der Waals surface area (Å²) in [5, 5.41) is 0. The summed E-state index contributed by atoms with van der Waals surface area (Å²) in [7, 11) is 1.76. The van der Waals surface area contributed by atoms with Gasteiger partial charge in [0.25, 0.3) is 0 Å². The Balaban J connectivity index is 1.98. The minimum Gasteiger partial charge on any atom is -0.383 e. The third-order valence-corrected chi connectivity index (χ3v) is 1.81. The van der Waals surface area contributed by atoms with Crippen LogP contribution in [0.1, 0.15) is 12.8 Å². The first kappa shape index (κ1) is 7.03. The van der Waals surface area contributed by atoms with Crippen LogP contribution >= 0.6 is 0 Å². The molecule has 1 aliphatic heterocycles. The van der Waals surface area contributed by atoms with Crippen LogP contribution in [-0.2, 0) is 4.74 Å². The molecule has 0 atom stereocenters. The molecule has 9 heavy (non-hydrogen) atoms. The summed E-state index contributed by atoms with van der Waals surface area (Å²) in [6.07, 6.45) is 2.76. The fourth-order valence-corrected chi connectivity index (χ4v) is 1.23. The van der Waals surface area contributed by atoms with Gasteiger partial charge in [0.2, 0.25) is 0 Å². The van der Waals surface area contributed by atoms with Gasteiger partial charge in [0, 0.05) is 13.7 Å². The van der Waals surface area contributed by atoms with Crippen molar-refractivity contribution in [1.29, 1.82) is 0 Å². The van der Waals surface area contributed by atoms with Crippen molar-refractivity contribution < 1.29 is 4.74 Å². The largest absolute Gasteiger partial charge is 0.383 e. The van der Waals surface area contributed by atoms with Crippen molar-refractivity contribution >= 4 is 0 Å². The van der Waals surface area contributed by atoms with E-state index in [0.717, 1.165) is 13.2 Å². The van der Waals surface area contributed by atoms with Gasteiger partial charge in [0.05, 0.1) is 6.61 Å². The summed E-state index contributed by atoms with van der Waals surface area (Å²) >= 11 is 0. The van der Waals surface area contributed by atoms with E-state index in [1.807, 2.05) is 0 Å². The second-order valence-electron chi connectivity index (χ2n) is 2.54. The highest BCUT2D eigenvalue weighted by Crippen LogP contribution is 2.05. The molecule has 1 aliphatic rings. The Bertz CT molecular complexity index is 69.3. The molecule has 0 spiro atoms. The van der Waals surface area contributed by atoms with Gasteiger partial charge in [-0.1, -0.05) is 0 Å². The van der Waals surface area contributed by atoms with Crippen LogP contribution in [-0.4, -0.2) is 38.3 Å². The first-order valence-corrected chi connectivity index (χ1v) is 3.65. The number of nitrogens with zero attached hydrogens (tertiary/aromatic N) is 1. The maximum atomic E-state index is 4.96. The van der Waals surface area contributed by atoms with E-state index in [1.165, 1.54) is 25.9 Å². The second-order valence-corrected chi connectivity index (χ2v) is 2.54. The van der Waals surface area contributed by atoms with Gasteiger partial charge in [-0.2, -0.15) is 0 Å². The minimum atomic E-state index is 0.889. The van der Waals surface area contributed by atoms with Gasteiger partial charge >= 0.3 is 0 Å². The van der Waals surface area contributed by atoms with E-state index in [-0.39, 0.29) is 0 Å². The number of likely N-dealkylation sites (tertiary alicyclic amines) is 1. The summed E-state index contributed by atoms with van der Waals surface area (Å²) in [4.78, 5) is 2.45. The SMILES string of the molecule is COCCN1CCCC1. The van der Waals surface area contributed by atoms with E-state index in [2.05, 4.69) is 4.90 Å². The molecule has 1 heterocycles. The van der Waals surface area contributed by atoms with Crippen LogP contribution in [0.15, 0.2) is 0 Å². The molecule has 1 rings (SSSR count). The van der Waals surface area contributed by atoms with E-state index in [9.17, 15) is 0 Å². The van der Waals surface area contributed by atoms with E-state index < -0.39 is 0 Å². The van der Waals surface area contributed by atoms with Crippen molar-refractivity contribution in [3.8, 4) is 0 Å². The molecule has 0 amide bonds. The van der Waals surface area contributed by atoms with Crippen LogP contribution < -0.4 is 0 Å². The average Bonchev–Trinajstić information content (AvgIpc) is 2.34. The van der Waals surface area contributed by atoms with E-state index in [1.54, 1.807) is 7.11 Å². The third-order valence-electron chi connectivity index (χ3n) is 1.81. The lowest BCUT2D eigenvalue weighted by Gasteiger charge is -2.12. The maximum Gasteiger partial charge on any atom is 0.0589 e. The lowest BCUT2D eigenvalue weighted by atomic mass is 10.4. The van der Waals surface area contributed by atoms with Crippen molar-refractivity contribution in [2.45, 2.75) is 12.8 Å².